The molecule has 0 amide bonds. The largest absolute Gasteiger partial charge is 0.491 e. The molecule has 2 rings (SSSR count). The van der Waals surface area contributed by atoms with E-state index in [2.05, 4.69) is 20.0 Å². The summed E-state index contributed by atoms with van der Waals surface area (Å²) in [6.07, 6.45) is 1.23. The van der Waals surface area contributed by atoms with Crippen LogP contribution < -0.4 is 15.8 Å². The minimum absolute atomic E-state index is 0.155. The van der Waals surface area contributed by atoms with Gasteiger partial charge in [-0.05, 0) is 6.92 Å². The fourth-order valence-electron chi connectivity index (χ4n) is 1.43. The van der Waals surface area contributed by atoms with Crippen LogP contribution in [0.3, 0.4) is 0 Å². The number of halogens is 1. The molecule has 0 aliphatic rings. The average molecular weight is 252 g/mol. The molecule has 0 spiro atoms. The van der Waals surface area contributed by atoms with E-state index in [9.17, 15) is 4.39 Å². The van der Waals surface area contributed by atoms with Gasteiger partial charge < -0.3 is 20.3 Å². The molecule has 0 radical (unpaired) electrons. The SMILES string of the molecule is CCOc1cc(NCc2ncon2)c(N)cc1F. The monoisotopic (exact) mass is 252 g/mol. The Labute approximate surface area is 103 Å². The molecule has 18 heavy (non-hydrogen) atoms. The first-order valence-corrected chi connectivity index (χ1v) is 5.41. The Morgan fingerprint density at radius 1 is 1.50 bits per heavy atom. The Balaban J connectivity index is 2.13. The van der Waals surface area contributed by atoms with Crippen LogP contribution in [0, 0.1) is 5.82 Å². The molecular formula is C11H13FN4O2. The van der Waals surface area contributed by atoms with Gasteiger partial charge in [0.05, 0.1) is 24.5 Å². The van der Waals surface area contributed by atoms with Crippen LogP contribution in [0.2, 0.25) is 0 Å². The van der Waals surface area contributed by atoms with Gasteiger partial charge in [-0.15, -0.1) is 0 Å². The summed E-state index contributed by atoms with van der Waals surface area (Å²) in [6, 6.07) is 2.72. The lowest BCUT2D eigenvalue weighted by Crippen LogP contribution is -2.05. The maximum atomic E-state index is 13.5. The van der Waals surface area contributed by atoms with Gasteiger partial charge in [0.2, 0.25) is 6.39 Å². The second-order valence-electron chi connectivity index (χ2n) is 3.50. The van der Waals surface area contributed by atoms with Gasteiger partial charge in [-0.3, -0.25) is 0 Å². The summed E-state index contributed by atoms with van der Waals surface area (Å²) >= 11 is 0. The van der Waals surface area contributed by atoms with E-state index in [1.54, 1.807) is 6.92 Å². The number of nitrogens with zero attached hydrogens (tertiary/aromatic N) is 2. The molecule has 0 unspecified atom stereocenters. The fourth-order valence-corrected chi connectivity index (χ4v) is 1.43. The molecule has 2 aromatic rings. The number of nitrogens with one attached hydrogen (secondary N) is 1. The first kappa shape index (κ1) is 12.2. The molecule has 0 bridgehead atoms. The molecule has 0 aliphatic heterocycles. The number of anilines is 2. The van der Waals surface area contributed by atoms with Crippen molar-refractivity contribution < 1.29 is 13.7 Å². The highest BCUT2D eigenvalue weighted by Gasteiger charge is 2.09. The first-order chi connectivity index (χ1) is 8.70. The number of nitrogen functional groups attached to an aromatic ring is 1. The molecule has 1 aromatic heterocycles. The Kier molecular flexibility index (Phi) is 3.61. The smallest absolute Gasteiger partial charge is 0.213 e. The van der Waals surface area contributed by atoms with E-state index in [0.717, 1.165) is 0 Å². The van der Waals surface area contributed by atoms with Gasteiger partial charge in [0.15, 0.2) is 17.4 Å². The van der Waals surface area contributed by atoms with E-state index in [-0.39, 0.29) is 5.75 Å². The summed E-state index contributed by atoms with van der Waals surface area (Å²) in [6.45, 7) is 2.49. The third kappa shape index (κ3) is 2.68. The Morgan fingerprint density at radius 3 is 3.00 bits per heavy atom. The van der Waals surface area contributed by atoms with E-state index in [4.69, 9.17) is 10.5 Å². The second kappa shape index (κ2) is 5.35. The zero-order valence-electron chi connectivity index (χ0n) is 9.81. The van der Waals surface area contributed by atoms with Gasteiger partial charge in [-0.1, -0.05) is 5.16 Å². The van der Waals surface area contributed by atoms with Crippen molar-refractivity contribution in [2.45, 2.75) is 13.5 Å². The summed E-state index contributed by atoms with van der Waals surface area (Å²) in [4.78, 5) is 3.85. The molecule has 1 aromatic carbocycles. The molecule has 0 fully saturated rings. The van der Waals surface area contributed by atoms with Crippen molar-refractivity contribution in [3.05, 3.63) is 30.2 Å². The zero-order chi connectivity index (χ0) is 13.0. The Hall–Kier alpha value is -2.31. The third-order valence-corrected chi connectivity index (χ3v) is 2.25. The van der Waals surface area contributed by atoms with E-state index in [1.807, 2.05) is 0 Å². The number of rotatable bonds is 5. The lowest BCUT2D eigenvalue weighted by atomic mass is 10.2. The van der Waals surface area contributed by atoms with Crippen LogP contribution in [0.1, 0.15) is 12.7 Å². The van der Waals surface area contributed by atoms with Gasteiger partial charge in [0, 0.05) is 12.1 Å². The molecule has 96 valence electrons. The summed E-state index contributed by atoms with van der Waals surface area (Å²) in [5, 5.41) is 6.63. The molecule has 0 saturated carbocycles. The van der Waals surface area contributed by atoms with E-state index in [0.29, 0.717) is 30.4 Å². The molecule has 1 heterocycles. The van der Waals surface area contributed by atoms with Crippen LogP contribution in [0.5, 0.6) is 5.75 Å². The van der Waals surface area contributed by atoms with Crippen molar-refractivity contribution in [1.82, 2.24) is 10.1 Å². The normalized spacial score (nSPS) is 10.3. The predicted molar refractivity (Wildman–Crippen MR) is 63.6 cm³/mol. The number of benzene rings is 1. The summed E-state index contributed by atoms with van der Waals surface area (Å²) < 4.78 is 23.2. The van der Waals surface area contributed by atoms with Crippen molar-refractivity contribution >= 4 is 11.4 Å². The van der Waals surface area contributed by atoms with Gasteiger partial charge in [-0.25, -0.2) is 4.39 Å². The van der Waals surface area contributed by atoms with Crippen LogP contribution in [-0.2, 0) is 6.54 Å². The standard InChI is InChI=1S/C11H13FN4O2/c1-2-17-10-4-9(8(13)3-7(10)12)14-5-11-15-6-18-16-11/h3-4,6,14H,2,5,13H2,1H3. The number of hydrogen-bond donors (Lipinski definition) is 2. The third-order valence-electron chi connectivity index (χ3n) is 2.25. The summed E-state index contributed by atoms with van der Waals surface area (Å²) in [5.41, 5.74) is 6.55. The Morgan fingerprint density at radius 2 is 2.33 bits per heavy atom. The lowest BCUT2D eigenvalue weighted by Gasteiger charge is -2.11. The fraction of sp³-hybridized carbons (Fsp3) is 0.273. The highest BCUT2D eigenvalue weighted by molar-refractivity contribution is 5.68. The highest BCUT2D eigenvalue weighted by Crippen LogP contribution is 2.28. The van der Waals surface area contributed by atoms with Crippen LogP contribution in [-0.4, -0.2) is 16.7 Å². The average Bonchev–Trinajstić information content (AvgIpc) is 2.84. The lowest BCUT2D eigenvalue weighted by molar-refractivity contribution is 0.322. The summed E-state index contributed by atoms with van der Waals surface area (Å²) in [5.74, 6) is 0.151. The molecular weight excluding hydrogens is 239 g/mol. The predicted octanol–water partition coefficient (Wildman–Crippen LogP) is 1.80. The molecule has 0 aliphatic carbocycles. The van der Waals surface area contributed by atoms with Gasteiger partial charge >= 0.3 is 0 Å². The highest BCUT2D eigenvalue weighted by atomic mass is 19.1. The molecule has 6 nitrogen and oxygen atoms in total. The van der Waals surface area contributed by atoms with Crippen molar-refractivity contribution in [2.24, 2.45) is 0 Å². The molecule has 3 N–H and O–H groups in total. The van der Waals surface area contributed by atoms with Crippen molar-refractivity contribution in [2.75, 3.05) is 17.7 Å². The van der Waals surface area contributed by atoms with Crippen LogP contribution in [0.15, 0.2) is 23.0 Å². The Bertz CT molecular complexity index is 516. The molecule has 0 atom stereocenters. The number of ether oxygens (including phenoxy) is 1. The number of hydrogen-bond acceptors (Lipinski definition) is 6. The maximum Gasteiger partial charge on any atom is 0.213 e. The van der Waals surface area contributed by atoms with E-state index in [1.165, 1.54) is 18.5 Å². The second-order valence-corrected chi connectivity index (χ2v) is 3.50. The first-order valence-electron chi connectivity index (χ1n) is 5.41. The minimum Gasteiger partial charge on any atom is -0.491 e. The quantitative estimate of drug-likeness (QED) is 0.789. The zero-order valence-corrected chi connectivity index (χ0v) is 9.81. The van der Waals surface area contributed by atoms with Gasteiger partial charge in [0.1, 0.15) is 0 Å². The topological polar surface area (TPSA) is 86.2 Å². The van der Waals surface area contributed by atoms with Crippen molar-refractivity contribution in [3.8, 4) is 5.75 Å². The van der Waals surface area contributed by atoms with E-state index < -0.39 is 5.82 Å². The van der Waals surface area contributed by atoms with Crippen LogP contribution in [0.4, 0.5) is 15.8 Å². The summed E-state index contributed by atoms with van der Waals surface area (Å²) in [7, 11) is 0. The molecule has 7 heteroatoms. The number of aromatic nitrogens is 2. The van der Waals surface area contributed by atoms with Gasteiger partial charge in [-0.2, -0.15) is 4.98 Å². The maximum absolute atomic E-state index is 13.5. The minimum atomic E-state index is -0.487. The van der Waals surface area contributed by atoms with E-state index >= 15 is 0 Å². The van der Waals surface area contributed by atoms with Crippen molar-refractivity contribution in [3.63, 3.8) is 0 Å². The molecule has 0 saturated heterocycles. The van der Waals surface area contributed by atoms with Crippen LogP contribution >= 0.6 is 0 Å². The van der Waals surface area contributed by atoms with Gasteiger partial charge in [0.25, 0.3) is 0 Å². The van der Waals surface area contributed by atoms with Crippen LogP contribution in [0.25, 0.3) is 0 Å². The van der Waals surface area contributed by atoms with Crippen molar-refractivity contribution in [1.29, 1.82) is 0 Å². The number of nitrogens with two attached hydrogens (primary N) is 1.